The summed E-state index contributed by atoms with van der Waals surface area (Å²) in [6, 6.07) is 9.07. The van der Waals surface area contributed by atoms with Crippen LogP contribution in [0.2, 0.25) is 5.02 Å². The molecule has 0 spiro atoms. The second kappa shape index (κ2) is 6.22. The average Bonchev–Trinajstić information content (AvgIpc) is 2.40. The van der Waals surface area contributed by atoms with E-state index < -0.39 is 16.1 Å². The van der Waals surface area contributed by atoms with Gasteiger partial charge in [0.1, 0.15) is 5.75 Å². The second-order valence-corrected chi connectivity index (χ2v) is 6.31. The van der Waals surface area contributed by atoms with Crippen molar-refractivity contribution in [2.75, 3.05) is 10.6 Å². The maximum Gasteiger partial charge on any atom is 0.323 e. The van der Waals surface area contributed by atoms with E-state index >= 15 is 0 Å². The molecule has 0 aliphatic rings. The Kier molecular flexibility index (Phi) is 4.55. The molecule has 0 aliphatic carbocycles. The number of carbonyl (C=O) groups is 1. The highest BCUT2D eigenvalue weighted by molar-refractivity contribution is 7.89. The second-order valence-electron chi connectivity index (χ2n) is 4.31. The van der Waals surface area contributed by atoms with Crippen LogP contribution in [-0.4, -0.2) is 19.6 Å². The Morgan fingerprint density at radius 1 is 1.14 bits per heavy atom. The van der Waals surface area contributed by atoms with Crippen molar-refractivity contribution in [1.82, 2.24) is 0 Å². The number of nitrogens with one attached hydrogen (secondary N) is 2. The number of aromatic hydroxyl groups is 1. The van der Waals surface area contributed by atoms with Crippen LogP contribution in [0.25, 0.3) is 0 Å². The van der Waals surface area contributed by atoms with E-state index in [1.807, 2.05) is 0 Å². The summed E-state index contributed by atoms with van der Waals surface area (Å²) in [7, 11) is -3.94. The zero-order valence-corrected chi connectivity index (χ0v) is 12.6. The monoisotopic (exact) mass is 341 g/mol. The fraction of sp³-hybridized carbons (Fsp3) is 0. The number of rotatable bonds is 3. The van der Waals surface area contributed by atoms with Crippen molar-refractivity contribution in [2.45, 2.75) is 4.90 Å². The lowest BCUT2D eigenvalue weighted by molar-refractivity contribution is 0.262. The summed E-state index contributed by atoms with van der Waals surface area (Å²) in [5.74, 6) is -0.298. The molecule has 0 saturated heterocycles. The van der Waals surface area contributed by atoms with E-state index in [0.717, 1.165) is 18.2 Å². The van der Waals surface area contributed by atoms with Crippen LogP contribution in [0.5, 0.6) is 5.75 Å². The molecule has 2 aromatic carbocycles. The summed E-state index contributed by atoms with van der Waals surface area (Å²) in [5, 5.41) is 19.9. The Balaban J connectivity index is 2.18. The molecule has 2 amide bonds. The van der Waals surface area contributed by atoms with E-state index in [4.69, 9.17) is 16.7 Å². The van der Waals surface area contributed by atoms with Crippen LogP contribution in [0, 0.1) is 0 Å². The average molecular weight is 342 g/mol. The molecule has 0 fully saturated rings. The lowest BCUT2D eigenvalue weighted by Gasteiger charge is -2.10. The number of phenols is 1. The molecular weight excluding hydrogens is 330 g/mol. The first kappa shape index (κ1) is 16.1. The first-order valence-electron chi connectivity index (χ1n) is 5.95. The summed E-state index contributed by atoms with van der Waals surface area (Å²) in [4.78, 5) is 11.6. The molecule has 0 radical (unpaired) electrons. The fourth-order valence-electron chi connectivity index (χ4n) is 1.64. The van der Waals surface area contributed by atoms with Crippen molar-refractivity contribution in [3.05, 3.63) is 47.5 Å². The Morgan fingerprint density at radius 2 is 1.86 bits per heavy atom. The van der Waals surface area contributed by atoms with Crippen LogP contribution in [0.15, 0.2) is 47.4 Å². The van der Waals surface area contributed by atoms with Crippen LogP contribution in [0.4, 0.5) is 16.2 Å². The standard InChI is InChI=1S/C13H12ClN3O4S/c14-8-2-1-3-9(6-8)16-13(19)17-11-7-10(22(15,20)21)4-5-12(11)18/h1-7,18H,(H2,15,20,21)(H2,16,17,19). The van der Waals surface area contributed by atoms with Gasteiger partial charge in [-0.15, -0.1) is 0 Å². The van der Waals surface area contributed by atoms with E-state index in [9.17, 15) is 18.3 Å². The molecule has 5 N–H and O–H groups in total. The van der Waals surface area contributed by atoms with Gasteiger partial charge in [0, 0.05) is 10.7 Å². The van der Waals surface area contributed by atoms with Crippen LogP contribution in [0.1, 0.15) is 0 Å². The summed E-state index contributed by atoms with van der Waals surface area (Å²) in [5.41, 5.74) is 0.346. The van der Waals surface area contributed by atoms with Gasteiger partial charge in [0.15, 0.2) is 0 Å². The number of urea groups is 1. The third-order valence-corrected chi connectivity index (χ3v) is 3.77. The number of nitrogens with two attached hydrogens (primary N) is 1. The highest BCUT2D eigenvalue weighted by Gasteiger charge is 2.13. The highest BCUT2D eigenvalue weighted by Crippen LogP contribution is 2.26. The molecule has 2 rings (SSSR count). The molecule has 0 aromatic heterocycles. The normalized spacial score (nSPS) is 11.0. The minimum atomic E-state index is -3.94. The fourth-order valence-corrected chi connectivity index (χ4v) is 2.37. The van der Waals surface area contributed by atoms with Gasteiger partial charge in [0.05, 0.1) is 10.6 Å². The Labute approximate surface area is 131 Å². The smallest absolute Gasteiger partial charge is 0.323 e. The van der Waals surface area contributed by atoms with Crippen molar-refractivity contribution < 1.29 is 18.3 Å². The molecule has 0 saturated carbocycles. The van der Waals surface area contributed by atoms with E-state index in [1.165, 1.54) is 6.07 Å². The van der Waals surface area contributed by atoms with Gasteiger partial charge in [0.25, 0.3) is 0 Å². The number of carbonyl (C=O) groups excluding carboxylic acids is 1. The predicted molar refractivity (Wildman–Crippen MR) is 83.6 cm³/mol. The molecule has 0 aliphatic heterocycles. The minimum absolute atomic E-state index is 0.0916. The SMILES string of the molecule is NS(=O)(=O)c1ccc(O)c(NC(=O)Nc2cccc(Cl)c2)c1. The number of amides is 2. The van der Waals surface area contributed by atoms with Crippen molar-refractivity contribution in [3.8, 4) is 5.75 Å². The zero-order chi connectivity index (χ0) is 16.3. The van der Waals surface area contributed by atoms with Gasteiger partial charge < -0.3 is 15.7 Å². The van der Waals surface area contributed by atoms with E-state index in [0.29, 0.717) is 10.7 Å². The molecule has 0 unspecified atom stereocenters. The first-order valence-corrected chi connectivity index (χ1v) is 7.87. The number of sulfonamides is 1. The molecule has 9 heteroatoms. The van der Waals surface area contributed by atoms with Gasteiger partial charge in [-0.1, -0.05) is 17.7 Å². The van der Waals surface area contributed by atoms with Crippen LogP contribution in [-0.2, 0) is 10.0 Å². The van der Waals surface area contributed by atoms with Crippen molar-refractivity contribution >= 4 is 39.0 Å². The lowest BCUT2D eigenvalue weighted by atomic mass is 10.3. The zero-order valence-electron chi connectivity index (χ0n) is 11.1. The summed E-state index contributed by atoms with van der Waals surface area (Å²) in [6.07, 6.45) is 0. The quantitative estimate of drug-likeness (QED) is 0.640. The molecule has 116 valence electrons. The molecular formula is C13H12ClN3O4S. The lowest BCUT2D eigenvalue weighted by Crippen LogP contribution is -2.20. The summed E-state index contributed by atoms with van der Waals surface area (Å²) in [6.45, 7) is 0. The number of hydrogen-bond acceptors (Lipinski definition) is 4. The molecule has 0 heterocycles. The largest absolute Gasteiger partial charge is 0.506 e. The van der Waals surface area contributed by atoms with Gasteiger partial charge >= 0.3 is 6.03 Å². The van der Waals surface area contributed by atoms with Crippen molar-refractivity contribution in [2.24, 2.45) is 5.14 Å². The Morgan fingerprint density at radius 3 is 2.50 bits per heavy atom. The van der Waals surface area contributed by atoms with Crippen LogP contribution < -0.4 is 15.8 Å². The molecule has 2 aromatic rings. The number of anilines is 2. The van der Waals surface area contributed by atoms with E-state index in [-0.39, 0.29) is 16.3 Å². The number of phenolic OH excluding ortho intramolecular Hbond substituents is 1. The number of primary sulfonamides is 1. The predicted octanol–water partition coefficient (Wildman–Crippen LogP) is 2.34. The number of benzene rings is 2. The van der Waals surface area contributed by atoms with E-state index in [1.54, 1.807) is 18.2 Å². The molecule has 7 nitrogen and oxygen atoms in total. The van der Waals surface area contributed by atoms with Gasteiger partial charge in [-0.05, 0) is 36.4 Å². The van der Waals surface area contributed by atoms with Gasteiger partial charge in [-0.3, -0.25) is 0 Å². The molecule has 0 atom stereocenters. The molecule has 0 bridgehead atoms. The first-order chi connectivity index (χ1) is 10.3. The van der Waals surface area contributed by atoms with Gasteiger partial charge in [-0.25, -0.2) is 18.4 Å². The highest BCUT2D eigenvalue weighted by atomic mass is 35.5. The number of halogens is 1. The maximum absolute atomic E-state index is 11.8. The van der Waals surface area contributed by atoms with Crippen LogP contribution in [0.3, 0.4) is 0 Å². The van der Waals surface area contributed by atoms with E-state index in [2.05, 4.69) is 10.6 Å². The minimum Gasteiger partial charge on any atom is -0.506 e. The third kappa shape index (κ3) is 4.10. The van der Waals surface area contributed by atoms with Crippen LogP contribution >= 0.6 is 11.6 Å². The Bertz CT molecular complexity index is 824. The van der Waals surface area contributed by atoms with Crippen molar-refractivity contribution in [1.29, 1.82) is 0 Å². The van der Waals surface area contributed by atoms with Gasteiger partial charge in [0.2, 0.25) is 10.0 Å². The topological polar surface area (TPSA) is 122 Å². The van der Waals surface area contributed by atoms with Crippen molar-refractivity contribution in [3.63, 3.8) is 0 Å². The third-order valence-electron chi connectivity index (χ3n) is 2.63. The Hall–Kier alpha value is -2.29. The maximum atomic E-state index is 11.8. The number of hydrogen-bond donors (Lipinski definition) is 4. The summed E-state index contributed by atoms with van der Waals surface area (Å²) < 4.78 is 22.5. The molecule has 22 heavy (non-hydrogen) atoms. The van der Waals surface area contributed by atoms with Gasteiger partial charge in [-0.2, -0.15) is 0 Å². The summed E-state index contributed by atoms with van der Waals surface area (Å²) >= 11 is 5.79.